The van der Waals surface area contributed by atoms with Crippen molar-refractivity contribution in [2.45, 2.75) is 39.0 Å². The predicted octanol–water partition coefficient (Wildman–Crippen LogP) is 3.04. The largest absolute Gasteiger partial charge is 0.356 e. The van der Waals surface area contributed by atoms with Gasteiger partial charge in [-0.15, -0.1) is 0 Å². The lowest BCUT2D eigenvalue weighted by molar-refractivity contribution is -0.121. The second kappa shape index (κ2) is 10.5. The Morgan fingerprint density at radius 1 is 1.32 bits per heavy atom. The second-order valence-corrected chi connectivity index (χ2v) is 10.1. The number of nitrogens with one attached hydrogen (secondary N) is 1. The van der Waals surface area contributed by atoms with E-state index in [-0.39, 0.29) is 12.5 Å². The van der Waals surface area contributed by atoms with Gasteiger partial charge in [0.2, 0.25) is 15.9 Å². The number of hydrogen-bond acceptors (Lipinski definition) is 4. The van der Waals surface area contributed by atoms with Crippen molar-refractivity contribution in [2.75, 3.05) is 43.8 Å². The molecule has 1 amide bonds. The standard InChI is InChI=1S/C20H32ClN3O3S/c1-16-6-7-18(21)15-19(16)24(28(3,26)27)12-4-5-20(25)22-11-8-17-9-13-23(2)14-10-17/h6-7,15,17H,4-5,8-14H2,1-3H3,(H,22,25). The molecule has 1 fully saturated rings. The maximum absolute atomic E-state index is 12.2. The Hall–Kier alpha value is -1.31. The third kappa shape index (κ3) is 7.26. The van der Waals surface area contributed by atoms with Crippen LogP contribution in [0.1, 0.15) is 37.7 Å². The molecule has 0 aliphatic carbocycles. The van der Waals surface area contributed by atoms with Gasteiger partial charge in [0.15, 0.2) is 0 Å². The summed E-state index contributed by atoms with van der Waals surface area (Å²) < 4.78 is 25.8. The number of anilines is 1. The van der Waals surface area contributed by atoms with E-state index >= 15 is 0 Å². The summed E-state index contributed by atoms with van der Waals surface area (Å²) in [5.74, 6) is 0.659. The summed E-state index contributed by atoms with van der Waals surface area (Å²) in [6, 6.07) is 5.18. The lowest BCUT2D eigenvalue weighted by Gasteiger charge is -2.28. The lowest BCUT2D eigenvalue weighted by Crippen LogP contribution is -2.34. The number of halogens is 1. The van der Waals surface area contributed by atoms with E-state index in [2.05, 4.69) is 17.3 Å². The summed E-state index contributed by atoms with van der Waals surface area (Å²) in [6.45, 7) is 5.05. The minimum atomic E-state index is -3.45. The number of carbonyl (C=O) groups excluding carboxylic acids is 1. The Balaban J connectivity index is 1.79. The third-order valence-corrected chi connectivity index (χ3v) is 6.73. The molecule has 0 aromatic heterocycles. The van der Waals surface area contributed by atoms with Crippen LogP contribution >= 0.6 is 11.6 Å². The Kier molecular flexibility index (Phi) is 8.58. The highest BCUT2D eigenvalue weighted by atomic mass is 35.5. The zero-order valence-electron chi connectivity index (χ0n) is 17.1. The van der Waals surface area contributed by atoms with Gasteiger partial charge in [0.1, 0.15) is 0 Å². The van der Waals surface area contributed by atoms with Crippen LogP contribution in [0.3, 0.4) is 0 Å². The van der Waals surface area contributed by atoms with Crippen LogP contribution in [0.25, 0.3) is 0 Å². The highest BCUT2D eigenvalue weighted by molar-refractivity contribution is 7.92. The van der Waals surface area contributed by atoms with E-state index in [9.17, 15) is 13.2 Å². The van der Waals surface area contributed by atoms with Gasteiger partial charge in [0, 0.05) is 24.5 Å². The van der Waals surface area contributed by atoms with Crippen LogP contribution in [0, 0.1) is 12.8 Å². The van der Waals surface area contributed by atoms with E-state index in [1.54, 1.807) is 18.2 Å². The molecule has 1 aromatic rings. The van der Waals surface area contributed by atoms with E-state index in [0.29, 0.717) is 36.0 Å². The molecule has 0 radical (unpaired) electrons. The number of benzene rings is 1. The quantitative estimate of drug-likeness (QED) is 0.655. The summed E-state index contributed by atoms with van der Waals surface area (Å²) in [5, 5.41) is 3.46. The number of likely N-dealkylation sites (tertiary alicyclic amines) is 1. The molecule has 1 N–H and O–H groups in total. The minimum absolute atomic E-state index is 0.0239. The fourth-order valence-electron chi connectivity index (χ4n) is 3.55. The van der Waals surface area contributed by atoms with Gasteiger partial charge in [-0.2, -0.15) is 0 Å². The summed E-state index contributed by atoms with van der Waals surface area (Å²) in [5.41, 5.74) is 1.40. The Morgan fingerprint density at radius 2 is 2.00 bits per heavy atom. The molecular formula is C20H32ClN3O3S. The molecule has 0 saturated carbocycles. The van der Waals surface area contributed by atoms with Crippen molar-refractivity contribution in [3.8, 4) is 0 Å². The molecule has 6 nitrogen and oxygen atoms in total. The van der Waals surface area contributed by atoms with Crippen molar-refractivity contribution in [3.05, 3.63) is 28.8 Å². The summed E-state index contributed by atoms with van der Waals surface area (Å²) >= 11 is 6.04. The maximum Gasteiger partial charge on any atom is 0.232 e. The third-order valence-electron chi connectivity index (χ3n) is 5.32. The number of hydrogen-bond donors (Lipinski definition) is 1. The van der Waals surface area contributed by atoms with Gasteiger partial charge in [0.25, 0.3) is 0 Å². The van der Waals surface area contributed by atoms with Crippen molar-refractivity contribution >= 4 is 33.2 Å². The van der Waals surface area contributed by atoms with E-state index < -0.39 is 10.0 Å². The van der Waals surface area contributed by atoms with E-state index in [0.717, 1.165) is 25.1 Å². The topological polar surface area (TPSA) is 69.7 Å². The van der Waals surface area contributed by atoms with Gasteiger partial charge in [0.05, 0.1) is 11.9 Å². The average Bonchev–Trinajstić information content (AvgIpc) is 2.62. The molecule has 8 heteroatoms. The molecule has 0 bridgehead atoms. The summed E-state index contributed by atoms with van der Waals surface area (Å²) in [7, 11) is -1.31. The van der Waals surface area contributed by atoms with Gasteiger partial charge in [-0.1, -0.05) is 17.7 Å². The molecule has 0 spiro atoms. The molecule has 1 aromatic carbocycles. The molecule has 1 aliphatic rings. The molecular weight excluding hydrogens is 398 g/mol. The van der Waals surface area contributed by atoms with Gasteiger partial charge in [-0.3, -0.25) is 9.10 Å². The monoisotopic (exact) mass is 429 g/mol. The lowest BCUT2D eigenvalue weighted by atomic mass is 9.94. The summed E-state index contributed by atoms with van der Waals surface area (Å²) in [4.78, 5) is 14.5. The number of nitrogens with zero attached hydrogens (tertiary/aromatic N) is 2. The van der Waals surface area contributed by atoms with Crippen molar-refractivity contribution in [1.29, 1.82) is 0 Å². The molecule has 28 heavy (non-hydrogen) atoms. The minimum Gasteiger partial charge on any atom is -0.356 e. The van der Waals surface area contributed by atoms with Crippen molar-refractivity contribution in [1.82, 2.24) is 10.2 Å². The first kappa shape index (κ1) is 23.0. The fourth-order valence-corrected chi connectivity index (χ4v) is 4.74. The van der Waals surface area contributed by atoms with Crippen molar-refractivity contribution in [2.24, 2.45) is 5.92 Å². The van der Waals surface area contributed by atoms with Gasteiger partial charge in [-0.25, -0.2) is 8.42 Å². The van der Waals surface area contributed by atoms with Gasteiger partial charge in [-0.05, 0) is 76.4 Å². The smallest absolute Gasteiger partial charge is 0.232 e. The van der Waals surface area contributed by atoms with Crippen LogP contribution in [0.15, 0.2) is 18.2 Å². The van der Waals surface area contributed by atoms with Crippen molar-refractivity contribution < 1.29 is 13.2 Å². The molecule has 2 rings (SSSR count). The van der Waals surface area contributed by atoms with E-state index in [1.165, 1.54) is 23.4 Å². The highest BCUT2D eigenvalue weighted by Gasteiger charge is 2.20. The number of rotatable bonds is 9. The molecule has 0 atom stereocenters. The number of aryl methyl sites for hydroxylation is 1. The van der Waals surface area contributed by atoms with Crippen LogP contribution < -0.4 is 9.62 Å². The Labute approximate surface area is 174 Å². The molecule has 1 saturated heterocycles. The molecule has 1 heterocycles. The first-order valence-electron chi connectivity index (χ1n) is 9.86. The maximum atomic E-state index is 12.2. The van der Waals surface area contributed by atoms with Crippen LogP contribution in [0.2, 0.25) is 5.02 Å². The number of piperidine rings is 1. The zero-order valence-corrected chi connectivity index (χ0v) is 18.7. The molecule has 158 valence electrons. The van der Waals surface area contributed by atoms with E-state index in [1.807, 2.05) is 6.92 Å². The predicted molar refractivity (Wildman–Crippen MR) is 115 cm³/mol. The Morgan fingerprint density at radius 3 is 2.64 bits per heavy atom. The van der Waals surface area contributed by atoms with Gasteiger partial charge < -0.3 is 10.2 Å². The second-order valence-electron chi connectivity index (χ2n) is 7.75. The SMILES string of the molecule is Cc1ccc(Cl)cc1N(CCCC(=O)NCCC1CCN(C)CC1)S(C)(=O)=O. The number of amides is 1. The molecule has 0 unspecified atom stereocenters. The number of carbonyl (C=O) groups is 1. The average molecular weight is 430 g/mol. The molecule has 1 aliphatic heterocycles. The first-order chi connectivity index (χ1) is 13.2. The first-order valence-corrected chi connectivity index (χ1v) is 12.1. The van der Waals surface area contributed by atoms with Gasteiger partial charge >= 0.3 is 0 Å². The van der Waals surface area contributed by atoms with Crippen LogP contribution in [0.5, 0.6) is 0 Å². The number of sulfonamides is 1. The van der Waals surface area contributed by atoms with Crippen LogP contribution in [-0.2, 0) is 14.8 Å². The summed E-state index contributed by atoms with van der Waals surface area (Å²) in [6.07, 6.45) is 5.33. The van der Waals surface area contributed by atoms with Crippen LogP contribution in [0.4, 0.5) is 5.69 Å². The normalized spacial score (nSPS) is 16.1. The zero-order chi connectivity index (χ0) is 20.7. The van der Waals surface area contributed by atoms with Crippen LogP contribution in [-0.4, -0.2) is 58.7 Å². The van der Waals surface area contributed by atoms with E-state index in [4.69, 9.17) is 11.6 Å². The van der Waals surface area contributed by atoms with Crippen molar-refractivity contribution in [3.63, 3.8) is 0 Å². The Bertz CT molecular complexity index is 762. The highest BCUT2D eigenvalue weighted by Crippen LogP contribution is 2.26. The fraction of sp³-hybridized carbons (Fsp3) is 0.650.